The minimum absolute atomic E-state index is 0.499. The first-order chi connectivity index (χ1) is 6.85. The van der Waals surface area contributed by atoms with Gasteiger partial charge in [0.2, 0.25) is 0 Å². The average Bonchev–Trinajstić information content (AvgIpc) is 2.21. The molecule has 3 nitrogen and oxygen atoms in total. The molecule has 0 aliphatic rings. The van der Waals surface area contributed by atoms with Gasteiger partial charge in [-0.25, -0.2) is 0 Å². The molecule has 0 radical (unpaired) electrons. The van der Waals surface area contributed by atoms with Gasteiger partial charge in [-0.05, 0) is 51.4 Å². The minimum atomic E-state index is 0.499. The fourth-order valence-electron chi connectivity index (χ4n) is 1.30. The summed E-state index contributed by atoms with van der Waals surface area (Å²) in [7, 11) is 0. The Morgan fingerprint density at radius 1 is 1.29 bits per heavy atom. The van der Waals surface area contributed by atoms with E-state index in [2.05, 4.69) is 17.6 Å². The quantitative estimate of drug-likeness (QED) is 0.378. The molecule has 1 unspecified atom stereocenters. The van der Waals surface area contributed by atoms with Crippen molar-refractivity contribution in [1.82, 2.24) is 5.32 Å². The van der Waals surface area contributed by atoms with Crippen LogP contribution in [-0.2, 0) is 0 Å². The first-order valence-electron chi connectivity index (χ1n) is 5.33. The van der Waals surface area contributed by atoms with Gasteiger partial charge >= 0.3 is 0 Å². The van der Waals surface area contributed by atoms with Gasteiger partial charge in [-0.15, -0.1) is 5.73 Å². The molecule has 0 saturated carbocycles. The van der Waals surface area contributed by atoms with Gasteiger partial charge in [-0.3, -0.25) is 0 Å². The van der Waals surface area contributed by atoms with Crippen LogP contribution in [0.4, 0.5) is 0 Å². The number of hydrogen-bond donors (Lipinski definition) is 3. The molecule has 3 heteroatoms. The zero-order valence-corrected chi connectivity index (χ0v) is 8.97. The molecular formula is C11H23N3. The third kappa shape index (κ3) is 8.02. The summed E-state index contributed by atoms with van der Waals surface area (Å²) in [6, 6.07) is 0.499. The molecular weight excluding hydrogens is 174 g/mol. The van der Waals surface area contributed by atoms with Crippen LogP contribution in [0.25, 0.3) is 0 Å². The summed E-state index contributed by atoms with van der Waals surface area (Å²) < 4.78 is 0. The van der Waals surface area contributed by atoms with Crippen molar-refractivity contribution >= 4 is 0 Å². The first kappa shape index (κ1) is 13.4. The summed E-state index contributed by atoms with van der Waals surface area (Å²) in [5.41, 5.74) is 13.7. The molecule has 0 bridgehead atoms. The lowest BCUT2D eigenvalue weighted by atomic mass is 10.1. The lowest BCUT2D eigenvalue weighted by molar-refractivity contribution is 0.470. The first-order valence-corrected chi connectivity index (χ1v) is 5.33. The van der Waals surface area contributed by atoms with Gasteiger partial charge in [0.1, 0.15) is 0 Å². The fraction of sp³-hybridized carbons (Fsp3) is 0.727. The van der Waals surface area contributed by atoms with Gasteiger partial charge in [0, 0.05) is 6.04 Å². The van der Waals surface area contributed by atoms with Gasteiger partial charge in [-0.1, -0.05) is 6.58 Å². The number of hydrogen-bond acceptors (Lipinski definition) is 3. The molecule has 0 spiro atoms. The summed E-state index contributed by atoms with van der Waals surface area (Å²) in [4.78, 5) is 0. The highest BCUT2D eigenvalue weighted by Gasteiger charge is 2.04. The Labute approximate surface area is 87.2 Å². The van der Waals surface area contributed by atoms with Crippen LogP contribution < -0.4 is 16.8 Å². The highest BCUT2D eigenvalue weighted by Crippen LogP contribution is 2.01. The topological polar surface area (TPSA) is 64.1 Å². The number of nitrogens with one attached hydrogen (secondary N) is 1. The van der Waals surface area contributed by atoms with Gasteiger partial charge in [0.15, 0.2) is 0 Å². The Bertz CT molecular complexity index is 162. The second-order valence-corrected chi connectivity index (χ2v) is 3.37. The van der Waals surface area contributed by atoms with Gasteiger partial charge < -0.3 is 16.8 Å². The van der Waals surface area contributed by atoms with Gasteiger partial charge in [-0.2, -0.15) is 0 Å². The van der Waals surface area contributed by atoms with Gasteiger partial charge in [0.25, 0.3) is 0 Å². The molecule has 5 N–H and O–H groups in total. The molecule has 0 aromatic carbocycles. The smallest absolute Gasteiger partial charge is 0.0108 e. The monoisotopic (exact) mass is 197 g/mol. The second kappa shape index (κ2) is 10.5. The second-order valence-electron chi connectivity index (χ2n) is 3.37. The lowest BCUT2D eigenvalue weighted by Gasteiger charge is -2.16. The molecule has 0 aromatic heterocycles. The fourth-order valence-corrected chi connectivity index (χ4v) is 1.30. The maximum absolute atomic E-state index is 5.47. The maximum atomic E-state index is 5.47. The van der Waals surface area contributed by atoms with E-state index >= 15 is 0 Å². The molecule has 0 heterocycles. The predicted molar refractivity (Wildman–Crippen MR) is 62.1 cm³/mol. The van der Waals surface area contributed by atoms with Crippen molar-refractivity contribution in [2.45, 2.75) is 31.7 Å². The van der Waals surface area contributed by atoms with E-state index in [1.165, 1.54) is 0 Å². The van der Waals surface area contributed by atoms with E-state index < -0.39 is 0 Å². The number of rotatable bonds is 9. The molecule has 0 aliphatic carbocycles. The van der Waals surface area contributed by atoms with Crippen LogP contribution in [0.2, 0.25) is 0 Å². The van der Waals surface area contributed by atoms with Crippen LogP contribution in [0.3, 0.4) is 0 Å². The molecule has 82 valence electrons. The van der Waals surface area contributed by atoms with Crippen molar-refractivity contribution in [3.63, 3.8) is 0 Å². The van der Waals surface area contributed by atoms with Crippen LogP contribution in [0.1, 0.15) is 25.7 Å². The Balaban J connectivity index is 3.65. The highest BCUT2D eigenvalue weighted by molar-refractivity contribution is 4.82. The largest absolute Gasteiger partial charge is 0.330 e. The van der Waals surface area contributed by atoms with Crippen LogP contribution in [0.5, 0.6) is 0 Å². The van der Waals surface area contributed by atoms with Crippen molar-refractivity contribution in [2.24, 2.45) is 11.5 Å². The Morgan fingerprint density at radius 2 is 2.00 bits per heavy atom. The minimum Gasteiger partial charge on any atom is -0.330 e. The molecule has 0 fully saturated rings. The number of nitrogens with two attached hydrogens (primary N) is 2. The van der Waals surface area contributed by atoms with Crippen LogP contribution in [0.15, 0.2) is 18.4 Å². The Kier molecular flexibility index (Phi) is 10.0. The van der Waals surface area contributed by atoms with Crippen molar-refractivity contribution in [3.05, 3.63) is 18.4 Å². The summed E-state index contributed by atoms with van der Waals surface area (Å²) in [6.07, 6.45) is 6.14. The Morgan fingerprint density at radius 3 is 2.57 bits per heavy atom. The normalized spacial score (nSPS) is 12.1. The molecule has 0 amide bonds. The van der Waals surface area contributed by atoms with E-state index in [4.69, 9.17) is 11.5 Å². The van der Waals surface area contributed by atoms with Crippen LogP contribution in [0, 0.1) is 0 Å². The molecule has 0 aliphatic heterocycles. The van der Waals surface area contributed by atoms with E-state index in [9.17, 15) is 0 Å². The third-order valence-corrected chi connectivity index (χ3v) is 2.12. The van der Waals surface area contributed by atoms with E-state index in [-0.39, 0.29) is 0 Å². The van der Waals surface area contributed by atoms with Crippen molar-refractivity contribution in [2.75, 3.05) is 19.6 Å². The van der Waals surface area contributed by atoms with Crippen LogP contribution >= 0.6 is 0 Å². The maximum Gasteiger partial charge on any atom is 0.0108 e. The zero-order valence-electron chi connectivity index (χ0n) is 8.97. The molecule has 14 heavy (non-hydrogen) atoms. The van der Waals surface area contributed by atoms with E-state index in [0.717, 1.165) is 45.3 Å². The Hall–Kier alpha value is -0.600. The van der Waals surface area contributed by atoms with Crippen molar-refractivity contribution in [3.8, 4) is 0 Å². The summed E-state index contributed by atoms with van der Waals surface area (Å²) >= 11 is 0. The molecule has 1 atom stereocenters. The van der Waals surface area contributed by atoms with E-state index in [1.807, 2.05) is 6.08 Å². The molecule has 0 saturated heterocycles. The van der Waals surface area contributed by atoms with Gasteiger partial charge in [0.05, 0.1) is 0 Å². The highest BCUT2D eigenvalue weighted by atomic mass is 14.9. The molecule has 0 rings (SSSR count). The third-order valence-electron chi connectivity index (χ3n) is 2.12. The lowest BCUT2D eigenvalue weighted by Crippen LogP contribution is -2.31. The summed E-state index contributed by atoms with van der Waals surface area (Å²) in [6.45, 7) is 6.04. The predicted octanol–water partition coefficient (Wildman–Crippen LogP) is 0.764. The van der Waals surface area contributed by atoms with E-state index in [1.54, 1.807) is 0 Å². The average molecular weight is 197 g/mol. The summed E-state index contributed by atoms with van der Waals surface area (Å²) in [5, 5.41) is 3.46. The zero-order chi connectivity index (χ0) is 10.6. The standard InChI is InChI=1S/C11H23N3/c1-2-3-6-11(7-4-8-12)14-10-5-9-13/h3,11,14H,1,4-10,12-13H2. The summed E-state index contributed by atoms with van der Waals surface area (Å²) in [5.74, 6) is 0. The molecule has 0 aromatic rings. The SMILES string of the molecule is C=C=CCC(CCCN)NCCCN. The van der Waals surface area contributed by atoms with Crippen molar-refractivity contribution < 1.29 is 0 Å². The van der Waals surface area contributed by atoms with E-state index in [0.29, 0.717) is 6.04 Å². The van der Waals surface area contributed by atoms with Crippen molar-refractivity contribution in [1.29, 1.82) is 0 Å². The van der Waals surface area contributed by atoms with Crippen LogP contribution in [-0.4, -0.2) is 25.7 Å².